The van der Waals surface area contributed by atoms with Gasteiger partial charge in [0, 0.05) is 55.7 Å². The minimum atomic E-state index is -0.139. The molecule has 244 valence electrons. The van der Waals surface area contributed by atoms with E-state index in [0.717, 1.165) is 16.8 Å². The number of nitrogens with zero attached hydrogens (tertiary/aromatic N) is 2. The molecule has 0 saturated carbocycles. The number of hydrogen-bond donors (Lipinski definition) is 0. The summed E-state index contributed by atoms with van der Waals surface area (Å²) in [6.07, 6.45) is 2.59. The number of pyridine rings is 1. The van der Waals surface area contributed by atoms with Crippen LogP contribution in [-0.4, -0.2) is 11.0 Å². The number of aromatic nitrogens is 1. The quantitative estimate of drug-likeness (QED) is 0.171. The van der Waals surface area contributed by atoms with Crippen molar-refractivity contribution in [1.82, 2.24) is 4.98 Å². The van der Waals surface area contributed by atoms with E-state index in [9.17, 15) is 0 Å². The van der Waals surface area contributed by atoms with Crippen LogP contribution in [0.4, 0.5) is 11.4 Å². The van der Waals surface area contributed by atoms with Crippen molar-refractivity contribution in [3.8, 4) is 22.4 Å². The number of anilines is 2. The number of benzene rings is 7. The van der Waals surface area contributed by atoms with Gasteiger partial charge in [-0.3, -0.25) is 0 Å². The van der Waals surface area contributed by atoms with Crippen molar-refractivity contribution in [2.75, 3.05) is 4.90 Å². The Kier molecular flexibility index (Phi) is 5.45. The Bertz CT molecular complexity index is 2940. The van der Waals surface area contributed by atoms with Gasteiger partial charge < -0.3 is 4.90 Å². The first-order valence-electron chi connectivity index (χ1n) is 18.5. The molecule has 2 nitrogen and oxygen atoms in total. The van der Waals surface area contributed by atoms with E-state index in [-0.39, 0.29) is 17.4 Å². The molecule has 8 aromatic rings. The molecule has 0 amide bonds. The number of rotatable bonds is 2. The molecule has 4 aliphatic rings. The second kappa shape index (κ2) is 9.96. The molecule has 3 heterocycles. The van der Waals surface area contributed by atoms with Gasteiger partial charge in [-0.2, -0.15) is 0 Å². The molecular weight excluding hydrogens is 629 g/mol. The van der Waals surface area contributed by atoms with E-state index in [1.54, 1.807) is 0 Å². The summed E-state index contributed by atoms with van der Waals surface area (Å²) in [5, 5.41) is 6.14. The molecule has 0 bridgehead atoms. The van der Waals surface area contributed by atoms with E-state index in [1.807, 2.05) is 0 Å². The SMILES string of the molecule is CC1(C)C2=CC(c3cc4c5ccccc5c5ccccc5c4nc3-c3ccccc3)=C3c4ccccc4N4c5ccccc5-c5cccc1c5C2C34. The van der Waals surface area contributed by atoms with Crippen LogP contribution in [0.5, 0.6) is 0 Å². The third-order valence-corrected chi connectivity index (χ3v) is 12.6. The van der Waals surface area contributed by atoms with Crippen molar-refractivity contribution in [3.63, 3.8) is 0 Å². The van der Waals surface area contributed by atoms with E-state index in [1.165, 1.54) is 88.4 Å². The van der Waals surface area contributed by atoms with Gasteiger partial charge in [-0.25, -0.2) is 4.98 Å². The van der Waals surface area contributed by atoms with Crippen molar-refractivity contribution in [2.24, 2.45) is 0 Å². The summed E-state index contributed by atoms with van der Waals surface area (Å²) in [6.45, 7) is 4.89. The van der Waals surface area contributed by atoms with Crippen molar-refractivity contribution >= 4 is 55.0 Å². The fraction of sp³-hybridized carbons (Fsp3) is 0.100. The highest BCUT2D eigenvalue weighted by molar-refractivity contribution is 6.25. The highest BCUT2D eigenvalue weighted by Gasteiger charge is 2.55. The largest absolute Gasteiger partial charge is 0.332 e. The van der Waals surface area contributed by atoms with Crippen LogP contribution < -0.4 is 4.90 Å². The first-order valence-corrected chi connectivity index (χ1v) is 18.5. The smallest absolute Gasteiger partial charge is 0.0794 e. The summed E-state index contributed by atoms with van der Waals surface area (Å²) in [5.41, 5.74) is 18.0. The maximum atomic E-state index is 5.74. The lowest BCUT2D eigenvalue weighted by molar-refractivity contribution is 0.593. The Hall–Kier alpha value is -6.25. The van der Waals surface area contributed by atoms with Crippen LogP contribution in [0.1, 0.15) is 42.0 Å². The molecule has 0 radical (unpaired) electrons. The van der Waals surface area contributed by atoms with Crippen molar-refractivity contribution in [1.29, 1.82) is 0 Å². The third kappa shape index (κ3) is 3.47. The van der Waals surface area contributed by atoms with Gasteiger partial charge in [0.2, 0.25) is 0 Å². The first-order chi connectivity index (χ1) is 25.6. The Morgan fingerprint density at radius 1 is 0.538 bits per heavy atom. The molecule has 2 unspecified atom stereocenters. The van der Waals surface area contributed by atoms with Crippen LogP contribution in [0.25, 0.3) is 66.0 Å². The van der Waals surface area contributed by atoms with Crippen molar-refractivity contribution in [2.45, 2.75) is 31.2 Å². The van der Waals surface area contributed by atoms with Gasteiger partial charge in [-0.1, -0.05) is 153 Å². The van der Waals surface area contributed by atoms with Crippen LogP contribution in [0.15, 0.2) is 163 Å². The van der Waals surface area contributed by atoms with Crippen LogP contribution in [0.2, 0.25) is 0 Å². The number of para-hydroxylation sites is 2. The first kappa shape index (κ1) is 28.4. The van der Waals surface area contributed by atoms with E-state index in [0.29, 0.717) is 0 Å². The molecule has 7 aromatic carbocycles. The van der Waals surface area contributed by atoms with Gasteiger partial charge in [0.1, 0.15) is 0 Å². The van der Waals surface area contributed by atoms with Crippen molar-refractivity contribution in [3.05, 3.63) is 186 Å². The molecule has 52 heavy (non-hydrogen) atoms. The lowest BCUT2D eigenvalue weighted by atomic mass is 9.71. The van der Waals surface area contributed by atoms with Crippen LogP contribution in [0.3, 0.4) is 0 Å². The summed E-state index contributed by atoms with van der Waals surface area (Å²) in [4.78, 5) is 8.42. The fourth-order valence-electron chi connectivity index (χ4n) is 10.4. The average molecular weight is 663 g/mol. The lowest BCUT2D eigenvalue weighted by Crippen LogP contribution is -2.35. The van der Waals surface area contributed by atoms with E-state index in [2.05, 4.69) is 176 Å². The maximum absolute atomic E-state index is 5.74. The molecule has 0 saturated heterocycles. The molecule has 12 rings (SSSR count). The number of allylic oxidation sites excluding steroid dienone is 2. The zero-order chi connectivity index (χ0) is 34.3. The number of hydrogen-bond acceptors (Lipinski definition) is 2. The summed E-state index contributed by atoms with van der Waals surface area (Å²) in [7, 11) is 0. The Labute approximate surface area is 303 Å². The molecular formula is C50H34N2. The van der Waals surface area contributed by atoms with Gasteiger partial charge in [0.15, 0.2) is 0 Å². The Balaban J connectivity index is 1.27. The Morgan fingerprint density at radius 2 is 1.13 bits per heavy atom. The predicted molar refractivity (Wildman–Crippen MR) is 217 cm³/mol. The maximum Gasteiger partial charge on any atom is 0.0794 e. The third-order valence-electron chi connectivity index (χ3n) is 12.6. The minimum Gasteiger partial charge on any atom is -0.332 e. The summed E-state index contributed by atoms with van der Waals surface area (Å²) < 4.78 is 0. The Morgan fingerprint density at radius 3 is 1.90 bits per heavy atom. The second-order valence-electron chi connectivity index (χ2n) is 15.4. The topological polar surface area (TPSA) is 16.1 Å². The van der Waals surface area contributed by atoms with E-state index >= 15 is 0 Å². The molecule has 2 aliphatic carbocycles. The van der Waals surface area contributed by atoms with Gasteiger partial charge in [0.25, 0.3) is 0 Å². The van der Waals surface area contributed by atoms with Gasteiger partial charge in [-0.15, -0.1) is 0 Å². The van der Waals surface area contributed by atoms with E-state index in [4.69, 9.17) is 4.98 Å². The van der Waals surface area contributed by atoms with Gasteiger partial charge >= 0.3 is 0 Å². The zero-order valence-corrected chi connectivity index (χ0v) is 29.1. The minimum absolute atomic E-state index is 0.116. The normalized spacial score (nSPS) is 18.7. The summed E-state index contributed by atoms with van der Waals surface area (Å²) in [6, 6.07) is 56.3. The molecule has 0 spiro atoms. The van der Waals surface area contributed by atoms with Gasteiger partial charge in [0.05, 0.1) is 17.3 Å². The second-order valence-corrected chi connectivity index (χ2v) is 15.4. The average Bonchev–Trinajstić information content (AvgIpc) is 3.61. The van der Waals surface area contributed by atoms with Gasteiger partial charge in [-0.05, 0) is 67.8 Å². The fourth-order valence-corrected chi connectivity index (χ4v) is 10.4. The molecule has 2 heteroatoms. The standard InChI is InChI=1S/C50H34N2/c1-50(2)40-24-14-23-34-33-20-10-12-25-42(33)52-43-26-13-11-22-36(43)44-37(28-41(50)46(45(34)40)49(44)52)39-27-38-32-19-7-6-17-30(32)31-18-8-9-21-35(31)48(38)51-47(39)29-15-4-3-5-16-29/h3-28,46,49H,1-2H3. The highest BCUT2D eigenvalue weighted by atomic mass is 15.2. The van der Waals surface area contributed by atoms with Crippen LogP contribution in [0, 0.1) is 0 Å². The molecule has 1 aromatic heterocycles. The zero-order valence-electron chi connectivity index (χ0n) is 29.1. The monoisotopic (exact) mass is 662 g/mol. The lowest BCUT2D eigenvalue weighted by Gasteiger charge is -2.38. The highest BCUT2D eigenvalue weighted by Crippen LogP contribution is 2.66. The number of fused-ring (bicyclic) bond motifs is 12. The van der Waals surface area contributed by atoms with Crippen molar-refractivity contribution < 1.29 is 0 Å². The predicted octanol–water partition coefficient (Wildman–Crippen LogP) is 12.6. The summed E-state index contributed by atoms with van der Waals surface area (Å²) >= 11 is 0. The molecule has 0 fully saturated rings. The summed E-state index contributed by atoms with van der Waals surface area (Å²) in [5.74, 6) is 0.234. The van der Waals surface area contributed by atoms with E-state index < -0.39 is 0 Å². The van der Waals surface area contributed by atoms with Crippen LogP contribution in [-0.2, 0) is 5.41 Å². The molecule has 0 N–H and O–H groups in total. The van der Waals surface area contributed by atoms with Crippen LogP contribution >= 0.6 is 0 Å². The molecule has 2 atom stereocenters. The molecule has 2 aliphatic heterocycles.